The quantitative estimate of drug-likeness (QED) is 0.517. The summed E-state index contributed by atoms with van der Waals surface area (Å²) in [5.74, 6) is 4.15. The first kappa shape index (κ1) is 14.0. The van der Waals surface area contributed by atoms with Crippen LogP contribution in [-0.2, 0) is 0 Å². The minimum atomic E-state index is -0.777. The molecule has 1 aromatic heterocycles. The Morgan fingerprint density at radius 3 is 2.68 bits per heavy atom. The van der Waals surface area contributed by atoms with Gasteiger partial charge in [0.2, 0.25) is 0 Å². The molecule has 0 saturated carbocycles. The van der Waals surface area contributed by atoms with Gasteiger partial charge in [-0.25, -0.2) is 14.2 Å². The van der Waals surface area contributed by atoms with Crippen molar-refractivity contribution < 1.29 is 8.78 Å². The Balaban J connectivity index is 2.61. The van der Waals surface area contributed by atoms with Crippen LogP contribution in [-0.4, -0.2) is 4.98 Å². The van der Waals surface area contributed by atoms with Crippen molar-refractivity contribution in [3.63, 3.8) is 0 Å². The van der Waals surface area contributed by atoms with E-state index in [1.54, 1.807) is 25.4 Å². The molecule has 2 aromatic rings. The number of rotatable bonds is 3. The molecular formula is C13H12BrF2N3. The number of halogens is 3. The molecule has 0 aliphatic heterocycles. The molecule has 0 bridgehead atoms. The third-order valence-corrected chi connectivity index (χ3v) is 3.52. The van der Waals surface area contributed by atoms with Gasteiger partial charge in [0.25, 0.3) is 0 Å². The molecule has 0 aliphatic rings. The van der Waals surface area contributed by atoms with Crippen LogP contribution in [0.1, 0.15) is 22.7 Å². The smallest absolute Gasteiger partial charge is 0.145 e. The first-order valence-electron chi connectivity index (χ1n) is 5.56. The van der Waals surface area contributed by atoms with E-state index in [9.17, 15) is 8.78 Å². The molecule has 1 atom stereocenters. The second-order valence-corrected chi connectivity index (χ2v) is 4.94. The fraction of sp³-hybridized carbons (Fsp3) is 0.154. The number of nitrogens with one attached hydrogen (secondary N) is 1. The Labute approximate surface area is 117 Å². The van der Waals surface area contributed by atoms with Crippen LogP contribution in [0.3, 0.4) is 0 Å². The van der Waals surface area contributed by atoms with Crippen LogP contribution >= 0.6 is 15.9 Å². The summed E-state index contributed by atoms with van der Waals surface area (Å²) in [6.45, 7) is 1.81. The fourth-order valence-corrected chi connectivity index (χ4v) is 2.29. The van der Waals surface area contributed by atoms with Crippen molar-refractivity contribution in [1.82, 2.24) is 10.4 Å². The van der Waals surface area contributed by atoms with E-state index in [1.165, 1.54) is 12.1 Å². The standard InChI is InChI=1S/C13H12BrF2N3/c1-7-6-18-5-4-8(7)13(19-17)11-10(15)3-2-9(14)12(11)16/h2-6,13,19H,17H2,1H3. The molecule has 2 rings (SSSR count). The molecule has 0 radical (unpaired) electrons. The van der Waals surface area contributed by atoms with Crippen LogP contribution in [0.4, 0.5) is 8.78 Å². The van der Waals surface area contributed by atoms with Crippen LogP contribution in [0.25, 0.3) is 0 Å². The highest BCUT2D eigenvalue weighted by atomic mass is 79.9. The van der Waals surface area contributed by atoms with Crippen LogP contribution < -0.4 is 11.3 Å². The van der Waals surface area contributed by atoms with Gasteiger partial charge in [-0.3, -0.25) is 10.8 Å². The van der Waals surface area contributed by atoms with Crippen molar-refractivity contribution in [1.29, 1.82) is 0 Å². The van der Waals surface area contributed by atoms with Crippen molar-refractivity contribution in [3.8, 4) is 0 Å². The van der Waals surface area contributed by atoms with Gasteiger partial charge in [-0.1, -0.05) is 0 Å². The molecule has 1 unspecified atom stereocenters. The van der Waals surface area contributed by atoms with Crippen molar-refractivity contribution >= 4 is 15.9 Å². The van der Waals surface area contributed by atoms with Crippen molar-refractivity contribution in [2.45, 2.75) is 13.0 Å². The molecule has 19 heavy (non-hydrogen) atoms. The van der Waals surface area contributed by atoms with Crippen molar-refractivity contribution in [2.75, 3.05) is 0 Å². The normalized spacial score (nSPS) is 12.5. The number of pyridine rings is 1. The largest absolute Gasteiger partial charge is 0.271 e. The summed E-state index contributed by atoms with van der Waals surface area (Å²) in [6.07, 6.45) is 3.17. The van der Waals surface area contributed by atoms with Gasteiger partial charge in [0, 0.05) is 18.0 Å². The average molecular weight is 328 g/mol. The van der Waals surface area contributed by atoms with E-state index in [2.05, 4.69) is 26.3 Å². The highest BCUT2D eigenvalue weighted by Crippen LogP contribution is 2.31. The molecule has 0 aliphatic carbocycles. The number of nitrogens with two attached hydrogens (primary N) is 1. The maximum absolute atomic E-state index is 14.1. The lowest BCUT2D eigenvalue weighted by Gasteiger charge is -2.20. The predicted octanol–water partition coefficient (Wildman–Crippen LogP) is 2.98. The Morgan fingerprint density at radius 1 is 1.32 bits per heavy atom. The molecular weight excluding hydrogens is 316 g/mol. The summed E-state index contributed by atoms with van der Waals surface area (Å²) in [5.41, 5.74) is 3.81. The number of hydrogen-bond acceptors (Lipinski definition) is 3. The zero-order chi connectivity index (χ0) is 14.0. The van der Waals surface area contributed by atoms with Crippen molar-refractivity contribution in [2.24, 2.45) is 5.84 Å². The molecule has 1 aromatic carbocycles. The van der Waals surface area contributed by atoms with Crippen LogP contribution in [0.15, 0.2) is 35.1 Å². The lowest BCUT2D eigenvalue weighted by atomic mass is 9.96. The number of nitrogens with zero attached hydrogens (tertiary/aromatic N) is 1. The van der Waals surface area contributed by atoms with Gasteiger partial charge in [-0.2, -0.15) is 0 Å². The molecule has 6 heteroatoms. The summed E-state index contributed by atoms with van der Waals surface area (Å²) < 4.78 is 28.2. The maximum Gasteiger partial charge on any atom is 0.145 e. The molecule has 3 nitrogen and oxygen atoms in total. The van der Waals surface area contributed by atoms with Gasteiger partial charge in [-0.05, 0) is 52.2 Å². The minimum absolute atomic E-state index is 0.119. The van der Waals surface area contributed by atoms with Gasteiger partial charge in [0.05, 0.1) is 10.5 Å². The summed E-state index contributed by atoms with van der Waals surface area (Å²) in [7, 11) is 0. The van der Waals surface area contributed by atoms with Crippen molar-refractivity contribution in [3.05, 3.63) is 63.4 Å². The average Bonchev–Trinajstić information content (AvgIpc) is 2.40. The predicted molar refractivity (Wildman–Crippen MR) is 72.2 cm³/mol. The molecule has 1 heterocycles. The van der Waals surface area contributed by atoms with E-state index in [0.29, 0.717) is 5.56 Å². The summed E-state index contributed by atoms with van der Waals surface area (Å²) in [6, 6.07) is 3.42. The van der Waals surface area contributed by atoms with E-state index >= 15 is 0 Å². The van der Waals surface area contributed by atoms with E-state index in [4.69, 9.17) is 5.84 Å². The number of aryl methyl sites for hydroxylation is 1. The molecule has 0 fully saturated rings. The van der Waals surface area contributed by atoms with E-state index in [0.717, 1.165) is 5.56 Å². The third-order valence-electron chi connectivity index (χ3n) is 2.91. The first-order chi connectivity index (χ1) is 9.06. The van der Waals surface area contributed by atoms with Crippen LogP contribution in [0.5, 0.6) is 0 Å². The highest BCUT2D eigenvalue weighted by molar-refractivity contribution is 9.10. The Hall–Kier alpha value is -1.37. The summed E-state index contributed by atoms with van der Waals surface area (Å²) in [4.78, 5) is 3.95. The number of hydrogen-bond donors (Lipinski definition) is 2. The summed E-state index contributed by atoms with van der Waals surface area (Å²) in [5, 5.41) is 0. The zero-order valence-corrected chi connectivity index (χ0v) is 11.7. The Morgan fingerprint density at radius 2 is 2.05 bits per heavy atom. The molecule has 3 N–H and O–H groups in total. The first-order valence-corrected chi connectivity index (χ1v) is 6.35. The number of benzene rings is 1. The Bertz CT molecular complexity index is 604. The number of aromatic nitrogens is 1. The molecule has 100 valence electrons. The second-order valence-electron chi connectivity index (χ2n) is 4.09. The highest BCUT2D eigenvalue weighted by Gasteiger charge is 2.23. The zero-order valence-electron chi connectivity index (χ0n) is 10.1. The SMILES string of the molecule is Cc1cnccc1C(NN)c1c(F)ccc(Br)c1F. The lowest BCUT2D eigenvalue weighted by Crippen LogP contribution is -2.31. The third kappa shape index (κ3) is 2.65. The second kappa shape index (κ2) is 5.73. The van der Waals surface area contributed by atoms with Gasteiger partial charge < -0.3 is 0 Å². The number of hydrazine groups is 1. The maximum atomic E-state index is 14.1. The van der Waals surface area contributed by atoms with Crippen LogP contribution in [0.2, 0.25) is 0 Å². The van der Waals surface area contributed by atoms with Gasteiger partial charge in [-0.15, -0.1) is 0 Å². The molecule has 0 saturated heterocycles. The topological polar surface area (TPSA) is 50.9 Å². The monoisotopic (exact) mass is 327 g/mol. The summed E-state index contributed by atoms with van der Waals surface area (Å²) >= 11 is 3.05. The van der Waals surface area contributed by atoms with Crippen LogP contribution in [0, 0.1) is 18.6 Å². The fourth-order valence-electron chi connectivity index (χ4n) is 1.94. The lowest BCUT2D eigenvalue weighted by molar-refractivity contribution is 0.506. The Kier molecular flexibility index (Phi) is 4.24. The van der Waals surface area contributed by atoms with E-state index in [1.807, 2.05) is 0 Å². The van der Waals surface area contributed by atoms with E-state index < -0.39 is 17.7 Å². The van der Waals surface area contributed by atoms with E-state index in [-0.39, 0.29) is 10.0 Å². The van der Waals surface area contributed by atoms with Gasteiger partial charge >= 0.3 is 0 Å². The molecule has 0 spiro atoms. The van der Waals surface area contributed by atoms with Gasteiger partial charge in [0.15, 0.2) is 0 Å². The molecule has 0 amide bonds. The minimum Gasteiger partial charge on any atom is -0.271 e. The van der Waals surface area contributed by atoms with Gasteiger partial charge in [0.1, 0.15) is 11.6 Å².